The predicted octanol–water partition coefficient (Wildman–Crippen LogP) is 3.93. The van der Waals surface area contributed by atoms with Crippen LogP contribution in [0.3, 0.4) is 0 Å². The second kappa shape index (κ2) is 4.51. The number of carbonyl (C=O) groups excluding carboxylic acids is 1. The predicted molar refractivity (Wildman–Crippen MR) is 57.7 cm³/mol. The lowest BCUT2D eigenvalue weighted by atomic mass is 9.83. The fourth-order valence-corrected chi connectivity index (χ4v) is 2.24. The highest BCUT2D eigenvalue weighted by Gasteiger charge is 2.31. The van der Waals surface area contributed by atoms with Gasteiger partial charge in [-0.15, -0.1) is 0 Å². The van der Waals surface area contributed by atoms with Crippen LogP contribution < -0.4 is 0 Å². The molecule has 0 saturated heterocycles. The van der Waals surface area contributed by atoms with E-state index >= 15 is 0 Å². The molecule has 1 aliphatic carbocycles. The summed E-state index contributed by atoms with van der Waals surface area (Å²) >= 11 is 0. The highest BCUT2D eigenvalue weighted by atomic mass is 19.4. The van der Waals surface area contributed by atoms with Crippen LogP contribution >= 0.6 is 0 Å². The van der Waals surface area contributed by atoms with Crippen molar-refractivity contribution in [3.8, 4) is 0 Å². The molecule has 92 valence electrons. The van der Waals surface area contributed by atoms with Gasteiger partial charge in [0.15, 0.2) is 0 Å². The Morgan fingerprint density at radius 1 is 1.12 bits per heavy atom. The third-order valence-corrected chi connectivity index (χ3v) is 3.23. The van der Waals surface area contributed by atoms with Gasteiger partial charge in [0, 0.05) is 12.8 Å². The van der Waals surface area contributed by atoms with E-state index in [-0.39, 0.29) is 11.7 Å². The zero-order chi connectivity index (χ0) is 12.5. The molecule has 17 heavy (non-hydrogen) atoms. The van der Waals surface area contributed by atoms with Crippen LogP contribution in [0.4, 0.5) is 13.2 Å². The molecule has 0 atom stereocenters. The Morgan fingerprint density at radius 3 is 2.35 bits per heavy atom. The maximum Gasteiger partial charge on any atom is 0.416 e. The summed E-state index contributed by atoms with van der Waals surface area (Å²) in [5, 5.41) is 0. The van der Waals surface area contributed by atoms with Gasteiger partial charge in [0.1, 0.15) is 5.78 Å². The van der Waals surface area contributed by atoms with Gasteiger partial charge in [0.2, 0.25) is 0 Å². The molecule has 0 aromatic heterocycles. The molecule has 4 heteroatoms. The van der Waals surface area contributed by atoms with Crippen molar-refractivity contribution in [2.75, 3.05) is 0 Å². The molecule has 1 nitrogen and oxygen atoms in total. The number of carbonyl (C=O) groups is 1. The van der Waals surface area contributed by atoms with Crippen LogP contribution in [-0.4, -0.2) is 5.78 Å². The number of hydrogen-bond acceptors (Lipinski definition) is 1. The summed E-state index contributed by atoms with van der Waals surface area (Å²) < 4.78 is 37.6. The summed E-state index contributed by atoms with van der Waals surface area (Å²) in [5.41, 5.74) is 0.0965. The SMILES string of the molecule is O=C1CCC(c2cccc(C(F)(F)F)c2)CC1. The van der Waals surface area contributed by atoms with E-state index in [0.29, 0.717) is 31.2 Å². The number of rotatable bonds is 1. The first kappa shape index (κ1) is 12.1. The van der Waals surface area contributed by atoms with Gasteiger partial charge in [0.05, 0.1) is 5.56 Å². The molecule has 1 fully saturated rings. The van der Waals surface area contributed by atoms with Crippen molar-refractivity contribution in [3.63, 3.8) is 0 Å². The second-order valence-electron chi connectivity index (χ2n) is 4.44. The number of ketones is 1. The molecule has 1 aromatic carbocycles. The van der Waals surface area contributed by atoms with Crippen molar-refractivity contribution in [1.29, 1.82) is 0 Å². The summed E-state index contributed by atoms with van der Waals surface area (Å²) in [6.45, 7) is 0. The third kappa shape index (κ3) is 2.87. The summed E-state index contributed by atoms with van der Waals surface area (Å²) in [6, 6.07) is 5.45. The van der Waals surface area contributed by atoms with Gasteiger partial charge >= 0.3 is 6.18 Å². The Labute approximate surface area is 97.6 Å². The van der Waals surface area contributed by atoms with Gasteiger partial charge in [-0.1, -0.05) is 18.2 Å². The molecule has 1 aliphatic rings. The quantitative estimate of drug-likeness (QED) is 0.729. The summed E-state index contributed by atoms with van der Waals surface area (Å²) in [7, 11) is 0. The van der Waals surface area contributed by atoms with E-state index in [2.05, 4.69) is 0 Å². The van der Waals surface area contributed by atoms with Gasteiger partial charge in [-0.25, -0.2) is 0 Å². The lowest BCUT2D eigenvalue weighted by Gasteiger charge is -2.22. The zero-order valence-electron chi connectivity index (χ0n) is 9.26. The van der Waals surface area contributed by atoms with Crippen molar-refractivity contribution in [3.05, 3.63) is 35.4 Å². The topological polar surface area (TPSA) is 17.1 Å². The van der Waals surface area contributed by atoms with E-state index in [1.165, 1.54) is 12.1 Å². The first-order valence-corrected chi connectivity index (χ1v) is 5.65. The minimum Gasteiger partial charge on any atom is -0.300 e. The minimum atomic E-state index is -4.29. The van der Waals surface area contributed by atoms with E-state index in [9.17, 15) is 18.0 Å². The van der Waals surface area contributed by atoms with Gasteiger partial charge in [-0.3, -0.25) is 4.79 Å². The fraction of sp³-hybridized carbons (Fsp3) is 0.462. The highest BCUT2D eigenvalue weighted by molar-refractivity contribution is 5.79. The Kier molecular flexibility index (Phi) is 3.22. The van der Waals surface area contributed by atoms with Crippen LogP contribution in [0, 0.1) is 0 Å². The normalized spacial score (nSPS) is 18.4. The molecule has 1 aromatic rings. The number of benzene rings is 1. The van der Waals surface area contributed by atoms with Crippen LogP contribution in [0.15, 0.2) is 24.3 Å². The molecule has 0 spiro atoms. The standard InChI is InChI=1S/C13H13F3O/c14-13(15,16)11-3-1-2-10(8-11)9-4-6-12(17)7-5-9/h1-3,8-9H,4-7H2. The number of Topliss-reactive ketones (excluding diaryl/α,β-unsaturated/α-hetero) is 1. The molecule has 0 N–H and O–H groups in total. The second-order valence-corrected chi connectivity index (χ2v) is 4.44. The van der Waals surface area contributed by atoms with Crippen molar-refractivity contribution in [2.45, 2.75) is 37.8 Å². The van der Waals surface area contributed by atoms with Crippen molar-refractivity contribution < 1.29 is 18.0 Å². The molecular weight excluding hydrogens is 229 g/mol. The van der Waals surface area contributed by atoms with Gasteiger partial charge < -0.3 is 0 Å². The molecule has 0 amide bonds. The summed E-state index contributed by atoms with van der Waals surface area (Å²) in [4.78, 5) is 11.1. The van der Waals surface area contributed by atoms with Crippen LogP contribution in [-0.2, 0) is 11.0 Å². The number of halogens is 3. The Morgan fingerprint density at radius 2 is 1.76 bits per heavy atom. The van der Waals surface area contributed by atoms with E-state index in [1.807, 2.05) is 0 Å². The van der Waals surface area contributed by atoms with E-state index in [4.69, 9.17) is 0 Å². The first-order valence-electron chi connectivity index (χ1n) is 5.65. The van der Waals surface area contributed by atoms with Crippen LogP contribution in [0.1, 0.15) is 42.7 Å². The van der Waals surface area contributed by atoms with Crippen molar-refractivity contribution in [2.24, 2.45) is 0 Å². The summed E-state index contributed by atoms with van der Waals surface area (Å²) in [6.07, 6.45) is -1.98. The largest absolute Gasteiger partial charge is 0.416 e. The molecule has 1 saturated carbocycles. The van der Waals surface area contributed by atoms with Crippen LogP contribution in [0.5, 0.6) is 0 Å². The first-order chi connectivity index (χ1) is 7.97. The highest BCUT2D eigenvalue weighted by Crippen LogP contribution is 2.35. The maximum atomic E-state index is 12.5. The molecular formula is C13H13F3O. The van der Waals surface area contributed by atoms with Crippen molar-refractivity contribution >= 4 is 5.78 Å². The van der Waals surface area contributed by atoms with Crippen LogP contribution in [0.2, 0.25) is 0 Å². The van der Waals surface area contributed by atoms with E-state index in [0.717, 1.165) is 6.07 Å². The van der Waals surface area contributed by atoms with Gasteiger partial charge in [-0.05, 0) is 30.4 Å². The summed E-state index contributed by atoms with van der Waals surface area (Å²) in [5.74, 6) is 0.309. The smallest absolute Gasteiger partial charge is 0.300 e. The number of hydrogen-bond donors (Lipinski definition) is 0. The molecule has 2 rings (SSSR count). The Hall–Kier alpha value is -1.32. The average molecular weight is 242 g/mol. The fourth-order valence-electron chi connectivity index (χ4n) is 2.24. The van der Waals surface area contributed by atoms with Crippen LogP contribution in [0.25, 0.3) is 0 Å². The Balaban J connectivity index is 2.19. The molecule has 0 unspecified atom stereocenters. The van der Waals surface area contributed by atoms with Gasteiger partial charge in [0.25, 0.3) is 0 Å². The molecule has 0 radical (unpaired) electrons. The third-order valence-electron chi connectivity index (χ3n) is 3.23. The molecule has 0 aliphatic heterocycles. The van der Waals surface area contributed by atoms with E-state index in [1.54, 1.807) is 6.07 Å². The number of alkyl halides is 3. The monoisotopic (exact) mass is 242 g/mol. The average Bonchev–Trinajstić information content (AvgIpc) is 2.29. The van der Waals surface area contributed by atoms with E-state index < -0.39 is 11.7 Å². The van der Waals surface area contributed by atoms with Crippen molar-refractivity contribution in [1.82, 2.24) is 0 Å². The molecule has 0 bridgehead atoms. The van der Waals surface area contributed by atoms with Gasteiger partial charge in [-0.2, -0.15) is 13.2 Å². The lowest BCUT2D eigenvalue weighted by molar-refractivity contribution is -0.137. The molecule has 0 heterocycles. The Bertz CT molecular complexity index is 413. The lowest BCUT2D eigenvalue weighted by Crippen LogP contribution is -2.13. The maximum absolute atomic E-state index is 12.5. The zero-order valence-corrected chi connectivity index (χ0v) is 9.26. The minimum absolute atomic E-state index is 0.0926.